The summed E-state index contributed by atoms with van der Waals surface area (Å²) in [6, 6.07) is 10.7. The van der Waals surface area contributed by atoms with Gasteiger partial charge in [0, 0.05) is 32.4 Å². The van der Waals surface area contributed by atoms with Gasteiger partial charge in [0.2, 0.25) is 11.8 Å². The Morgan fingerprint density at radius 3 is 2.76 bits per heavy atom. The van der Waals surface area contributed by atoms with Crippen molar-refractivity contribution in [2.24, 2.45) is 5.92 Å². The van der Waals surface area contributed by atoms with E-state index >= 15 is 0 Å². The van der Waals surface area contributed by atoms with Gasteiger partial charge in [0.05, 0.1) is 6.61 Å². The summed E-state index contributed by atoms with van der Waals surface area (Å²) in [7, 11) is 0. The predicted octanol–water partition coefficient (Wildman–Crippen LogP) is 3.11. The van der Waals surface area contributed by atoms with Gasteiger partial charge in [0.1, 0.15) is 12.1 Å². The lowest BCUT2D eigenvalue weighted by molar-refractivity contribution is -0.134. The van der Waals surface area contributed by atoms with Crippen molar-refractivity contribution < 1.29 is 24.2 Å². The average Bonchev–Trinajstić information content (AvgIpc) is 2.86. The maximum atomic E-state index is 13.6. The number of aliphatic hydroxyl groups is 1. The Kier molecular flexibility index (Phi) is 7.78. The van der Waals surface area contributed by atoms with Crippen LogP contribution in [0.2, 0.25) is 0 Å². The van der Waals surface area contributed by atoms with E-state index in [0.29, 0.717) is 43.3 Å². The number of benzene rings is 1. The fraction of sp³-hybridized carbons (Fsp3) is 0.480. The highest BCUT2D eigenvalue weighted by atomic mass is 16.5. The number of amides is 2. The lowest BCUT2D eigenvalue weighted by Gasteiger charge is -2.33. The average molecular weight is 454 g/mol. The number of fused-ring (bicyclic) bond motifs is 2. The van der Waals surface area contributed by atoms with E-state index in [4.69, 9.17) is 9.47 Å². The summed E-state index contributed by atoms with van der Waals surface area (Å²) in [5.74, 6) is 1.03. The number of nitrogens with zero attached hydrogens (tertiary/aromatic N) is 3. The van der Waals surface area contributed by atoms with Gasteiger partial charge in [-0.25, -0.2) is 4.98 Å². The van der Waals surface area contributed by atoms with E-state index in [9.17, 15) is 14.7 Å². The minimum Gasteiger partial charge on any atom is -0.490 e. The van der Waals surface area contributed by atoms with Gasteiger partial charge in [0.15, 0.2) is 11.5 Å². The standard InChI is InChI=1S/C25H31N3O5/c29-18-19-8-7-14-27(16-19)23(30)17-28-13-4-1-5-15-32-21-10-2-3-11-22(21)33-24-20(25(28)31)9-6-12-26-24/h2-3,6,9-12,19,29H,1,4-5,7-8,13-18H2. The topological polar surface area (TPSA) is 92.2 Å². The number of rotatable bonds is 3. The van der Waals surface area contributed by atoms with Gasteiger partial charge in [-0.15, -0.1) is 0 Å². The molecule has 2 amide bonds. The van der Waals surface area contributed by atoms with Gasteiger partial charge in [-0.3, -0.25) is 9.59 Å². The van der Waals surface area contributed by atoms with Crippen LogP contribution in [-0.4, -0.2) is 71.1 Å². The smallest absolute Gasteiger partial charge is 0.259 e. The molecular formula is C25H31N3O5. The first-order valence-electron chi connectivity index (χ1n) is 11.7. The second kappa shape index (κ2) is 11.1. The van der Waals surface area contributed by atoms with Crippen molar-refractivity contribution >= 4 is 11.8 Å². The molecule has 0 aliphatic carbocycles. The summed E-state index contributed by atoms with van der Waals surface area (Å²) in [5, 5.41) is 9.50. The second-order valence-corrected chi connectivity index (χ2v) is 8.57. The van der Waals surface area contributed by atoms with Gasteiger partial charge in [-0.2, -0.15) is 0 Å². The van der Waals surface area contributed by atoms with E-state index in [0.717, 1.165) is 32.1 Å². The summed E-state index contributed by atoms with van der Waals surface area (Å²) in [6.45, 7) is 2.27. The zero-order valence-electron chi connectivity index (χ0n) is 18.8. The molecule has 2 aromatic rings. The molecule has 2 aliphatic rings. The summed E-state index contributed by atoms with van der Waals surface area (Å²) >= 11 is 0. The third-order valence-electron chi connectivity index (χ3n) is 6.13. The molecule has 2 aliphatic heterocycles. The van der Waals surface area contributed by atoms with Gasteiger partial charge in [0.25, 0.3) is 5.91 Å². The molecule has 1 fully saturated rings. The Labute approximate surface area is 194 Å². The van der Waals surface area contributed by atoms with E-state index in [1.165, 1.54) is 0 Å². The highest BCUT2D eigenvalue weighted by Gasteiger charge is 2.28. The number of carbonyl (C=O) groups excluding carboxylic acids is 2. The predicted molar refractivity (Wildman–Crippen MR) is 122 cm³/mol. The van der Waals surface area contributed by atoms with Crippen molar-refractivity contribution in [1.82, 2.24) is 14.8 Å². The van der Waals surface area contributed by atoms with Crippen molar-refractivity contribution in [3.05, 3.63) is 48.2 Å². The number of piperidine rings is 1. The maximum Gasteiger partial charge on any atom is 0.259 e. The van der Waals surface area contributed by atoms with Crippen LogP contribution >= 0.6 is 0 Å². The summed E-state index contributed by atoms with van der Waals surface area (Å²) < 4.78 is 11.9. The van der Waals surface area contributed by atoms with Crippen molar-refractivity contribution in [2.75, 3.05) is 39.4 Å². The Morgan fingerprint density at radius 1 is 1.06 bits per heavy atom. The Hall–Kier alpha value is -3.13. The molecule has 0 radical (unpaired) electrons. The molecule has 1 unspecified atom stereocenters. The lowest BCUT2D eigenvalue weighted by atomic mass is 9.99. The molecule has 0 saturated carbocycles. The second-order valence-electron chi connectivity index (χ2n) is 8.57. The Morgan fingerprint density at radius 2 is 1.91 bits per heavy atom. The van der Waals surface area contributed by atoms with Crippen LogP contribution in [0.3, 0.4) is 0 Å². The molecular weight excluding hydrogens is 422 g/mol. The fourth-order valence-corrected chi connectivity index (χ4v) is 4.28. The van der Waals surface area contributed by atoms with Crippen molar-refractivity contribution in [1.29, 1.82) is 0 Å². The fourth-order valence-electron chi connectivity index (χ4n) is 4.28. The molecule has 33 heavy (non-hydrogen) atoms. The Bertz CT molecular complexity index is 967. The highest BCUT2D eigenvalue weighted by Crippen LogP contribution is 2.32. The molecule has 1 aromatic carbocycles. The molecule has 1 atom stereocenters. The van der Waals surface area contributed by atoms with Crippen molar-refractivity contribution in [3.63, 3.8) is 0 Å². The van der Waals surface area contributed by atoms with Crippen LogP contribution in [0.5, 0.6) is 17.4 Å². The highest BCUT2D eigenvalue weighted by molar-refractivity contribution is 5.98. The molecule has 176 valence electrons. The van der Waals surface area contributed by atoms with E-state index in [1.807, 2.05) is 18.2 Å². The van der Waals surface area contributed by atoms with Crippen LogP contribution in [0.4, 0.5) is 0 Å². The van der Waals surface area contributed by atoms with Crippen LogP contribution in [0.15, 0.2) is 42.6 Å². The molecule has 1 N–H and O–H groups in total. The molecule has 0 spiro atoms. The van der Waals surface area contributed by atoms with Crippen molar-refractivity contribution in [3.8, 4) is 17.4 Å². The number of aliphatic hydroxyl groups excluding tert-OH is 1. The number of aromatic nitrogens is 1. The van der Waals surface area contributed by atoms with Crippen LogP contribution in [-0.2, 0) is 4.79 Å². The summed E-state index contributed by atoms with van der Waals surface area (Å²) in [4.78, 5) is 34.3. The van der Waals surface area contributed by atoms with E-state index < -0.39 is 0 Å². The van der Waals surface area contributed by atoms with Crippen LogP contribution in [0.1, 0.15) is 42.5 Å². The molecule has 1 aromatic heterocycles. The van der Waals surface area contributed by atoms with Crippen LogP contribution in [0, 0.1) is 5.92 Å². The van der Waals surface area contributed by atoms with E-state index in [2.05, 4.69) is 4.98 Å². The first-order chi connectivity index (χ1) is 16.2. The number of pyridine rings is 1. The molecule has 0 bridgehead atoms. The first kappa shape index (κ1) is 23.0. The SMILES string of the molecule is O=C(CN1CCCCCOc2ccccc2Oc2ncccc2C1=O)N1CCCC(CO)C1. The number of hydrogen-bond acceptors (Lipinski definition) is 6. The van der Waals surface area contributed by atoms with Gasteiger partial charge in [-0.05, 0) is 62.3 Å². The zero-order chi connectivity index (χ0) is 23.0. The van der Waals surface area contributed by atoms with E-state index in [1.54, 1.807) is 34.2 Å². The van der Waals surface area contributed by atoms with E-state index in [-0.39, 0.29) is 36.8 Å². The minimum absolute atomic E-state index is 0.00158. The normalized spacial score (nSPS) is 19.7. The first-order valence-corrected chi connectivity index (χ1v) is 11.7. The summed E-state index contributed by atoms with van der Waals surface area (Å²) in [6.07, 6.45) is 5.83. The summed E-state index contributed by atoms with van der Waals surface area (Å²) in [5.41, 5.74) is 0.311. The van der Waals surface area contributed by atoms with Gasteiger partial charge in [-0.1, -0.05) is 12.1 Å². The molecule has 3 heterocycles. The van der Waals surface area contributed by atoms with Gasteiger partial charge < -0.3 is 24.4 Å². The maximum absolute atomic E-state index is 13.6. The number of likely N-dealkylation sites (tertiary alicyclic amines) is 1. The quantitative estimate of drug-likeness (QED) is 0.768. The third kappa shape index (κ3) is 5.82. The molecule has 8 nitrogen and oxygen atoms in total. The third-order valence-corrected chi connectivity index (χ3v) is 6.13. The molecule has 1 saturated heterocycles. The number of ether oxygens (including phenoxy) is 2. The largest absolute Gasteiger partial charge is 0.490 e. The molecule has 4 rings (SSSR count). The lowest BCUT2D eigenvalue weighted by Crippen LogP contribution is -2.47. The monoisotopic (exact) mass is 453 g/mol. The number of carbonyl (C=O) groups is 2. The Balaban J connectivity index is 1.58. The van der Waals surface area contributed by atoms with Crippen LogP contribution in [0.25, 0.3) is 0 Å². The zero-order valence-corrected chi connectivity index (χ0v) is 18.8. The van der Waals surface area contributed by atoms with Crippen LogP contribution < -0.4 is 9.47 Å². The molecule has 8 heteroatoms. The minimum atomic E-state index is -0.278. The number of hydrogen-bond donors (Lipinski definition) is 1. The number of para-hydroxylation sites is 2. The van der Waals surface area contributed by atoms with Crippen molar-refractivity contribution in [2.45, 2.75) is 32.1 Å². The van der Waals surface area contributed by atoms with Gasteiger partial charge >= 0.3 is 0 Å².